The Balaban J connectivity index is 2.55. The summed E-state index contributed by atoms with van der Waals surface area (Å²) in [6.45, 7) is 3.09. The molecule has 2 N–H and O–H groups in total. The minimum atomic E-state index is -0.162. The number of hydrogen-bond acceptors (Lipinski definition) is 3. The predicted octanol–water partition coefficient (Wildman–Crippen LogP) is 1.74. The molecule has 2 amide bonds. The Morgan fingerprint density at radius 1 is 1.25 bits per heavy atom. The molecule has 0 aliphatic heterocycles. The van der Waals surface area contributed by atoms with Crippen LogP contribution in [0.3, 0.4) is 0 Å². The molecule has 0 saturated heterocycles. The van der Waals surface area contributed by atoms with E-state index >= 15 is 0 Å². The van der Waals surface area contributed by atoms with Crippen molar-refractivity contribution in [1.82, 2.24) is 10.2 Å². The smallest absolute Gasteiger partial charge is 0.238 e. The highest BCUT2D eigenvalue weighted by atomic mass is 35.5. The Morgan fingerprint density at radius 2 is 1.95 bits per heavy atom. The highest BCUT2D eigenvalue weighted by Gasteiger charge is 2.13. The van der Waals surface area contributed by atoms with Gasteiger partial charge in [-0.05, 0) is 31.2 Å². The molecule has 0 spiro atoms. The predicted molar refractivity (Wildman–Crippen MR) is 80.9 cm³/mol. The minimum absolute atomic E-state index is 0.103. The van der Waals surface area contributed by atoms with Gasteiger partial charge in [-0.15, -0.1) is 0 Å². The first-order chi connectivity index (χ1) is 9.55. The first-order valence-corrected chi connectivity index (χ1v) is 6.91. The molecular weight excluding hydrogens is 278 g/mol. The number of nitrogens with one attached hydrogen (secondary N) is 2. The minimum Gasteiger partial charge on any atom is -0.358 e. The Labute approximate surface area is 124 Å². The second kappa shape index (κ2) is 8.55. The average molecular weight is 298 g/mol. The van der Waals surface area contributed by atoms with Gasteiger partial charge in [0.25, 0.3) is 0 Å². The summed E-state index contributed by atoms with van der Waals surface area (Å²) < 4.78 is 0. The number of amides is 2. The summed E-state index contributed by atoms with van der Waals surface area (Å²) in [6.07, 6.45) is 0.876. The summed E-state index contributed by atoms with van der Waals surface area (Å²) in [4.78, 5) is 25.1. The average Bonchev–Trinajstić information content (AvgIpc) is 2.38. The third-order valence-corrected chi connectivity index (χ3v) is 2.90. The topological polar surface area (TPSA) is 61.4 Å². The Hall–Kier alpha value is -1.59. The number of nitrogens with zero attached hydrogens (tertiary/aromatic N) is 1. The SMILES string of the molecule is CCCN(CC(=O)NC)CC(=O)Nc1cccc(Cl)c1. The van der Waals surface area contributed by atoms with E-state index in [9.17, 15) is 9.59 Å². The zero-order valence-corrected chi connectivity index (χ0v) is 12.5. The molecule has 0 saturated carbocycles. The van der Waals surface area contributed by atoms with Gasteiger partial charge in [0.2, 0.25) is 11.8 Å². The monoisotopic (exact) mass is 297 g/mol. The van der Waals surface area contributed by atoms with Crippen LogP contribution in [-0.2, 0) is 9.59 Å². The highest BCUT2D eigenvalue weighted by Crippen LogP contribution is 2.14. The summed E-state index contributed by atoms with van der Waals surface area (Å²) in [5.74, 6) is -0.265. The normalized spacial score (nSPS) is 10.4. The Bertz CT molecular complexity index is 465. The van der Waals surface area contributed by atoms with Crippen molar-refractivity contribution in [2.24, 2.45) is 0 Å². The van der Waals surface area contributed by atoms with Crippen LogP contribution < -0.4 is 10.6 Å². The van der Waals surface area contributed by atoms with Gasteiger partial charge in [-0.1, -0.05) is 24.6 Å². The van der Waals surface area contributed by atoms with E-state index in [1.54, 1.807) is 36.2 Å². The zero-order chi connectivity index (χ0) is 15.0. The maximum absolute atomic E-state index is 12.0. The molecule has 0 radical (unpaired) electrons. The van der Waals surface area contributed by atoms with Crippen LogP contribution >= 0.6 is 11.6 Å². The Kier molecular flexibility index (Phi) is 7.04. The van der Waals surface area contributed by atoms with E-state index in [0.29, 0.717) is 17.3 Å². The number of carbonyl (C=O) groups is 2. The van der Waals surface area contributed by atoms with Crippen LogP contribution in [0.25, 0.3) is 0 Å². The van der Waals surface area contributed by atoms with Crippen molar-refractivity contribution in [2.75, 3.05) is 32.0 Å². The van der Waals surface area contributed by atoms with Crippen molar-refractivity contribution < 1.29 is 9.59 Å². The molecule has 1 rings (SSSR count). The van der Waals surface area contributed by atoms with E-state index in [-0.39, 0.29) is 24.9 Å². The maximum Gasteiger partial charge on any atom is 0.238 e. The molecule has 110 valence electrons. The fraction of sp³-hybridized carbons (Fsp3) is 0.429. The lowest BCUT2D eigenvalue weighted by atomic mass is 10.3. The van der Waals surface area contributed by atoms with Gasteiger partial charge in [0.15, 0.2) is 0 Å². The summed E-state index contributed by atoms with van der Waals surface area (Å²) in [6, 6.07) is 6.97. The second-order valence-electron chi connectivity index (χ2n) is 4.44. The van der Waals surface area contributed by atoms with E-state index < -0.39 is 0 Å². The quantitative estimate of drug-likeness (QED) is 0.806. The number of carbonyl (C=O) groups excluding carboxylic acids is 2. The van der Waals surface area contributed by atoms with E-state index in [4.69, 9.17) is 11.6 Å². The molecule has 0 aliphatic rings. The van der Waals surface area contributed by atoms with Gasteiger partial charge in [-0.3, -0.25) is 14.5 Å². The molecule has 0 atom stereocenters. The molecule has 0 bridgehead atoms. The first kappa shape index (κ1) is 16.5. The molecular formula is C14H20ClN3O2. The third kappa shape index (κ3) is 6.04. The lowest BCUT2D eigenvalue weighted by Crippen LogP contribution is -2.40. The summed E-state index contributed by atoms with van der Waals surface area (Å²) >= 11 is 5.86. The van der Waals surface area contributed by atoms with Crippen molar-refractivity contribution in [3.63, 3.8) is 0 Å². The number of benzene rings is 1. The number of likely N-dealkylation sites (N-methyl/N-ethyl adjacent to an activating group) is 1. The van der Waals surface area contributed by atoms with Gasteiger partial charge >= 0.3 is 0 Å². The number of halogens is 1. The molecule has 20 heavy (non-hydrogen) atoms. The van der Waals surface area contributed by atoms with Crippen LogP contribution in [-0.4, -0.2) is 43.4 Å². The van der Waals surface area contributed by atoms with Crippen LogP contribution in [0.5, 0.6) is 0 Å². The highest BCUT2D eigenvalue weighted by molar-refractivity contribution is 6.30. The van der Waals surface area contributed by atoms with Gasteiger partial charge in [0.05, 0.1) is 13.1 Å². The standard InChI is InChI=1S/C14H20ClN3O2/c1-3-7-18(9-13(19)16-2)10-14(20)17-12-6-4-5-11(15)8-12/h4-6,8H,3,7,9-10H2,1-2H3,(H,16,19)(H,17,20). The van der Waals surface area contributed by atoms with E-state index in [1.807, 2.05) is 6.92 Å². The largest absolute Gasteiger partial charge is 0.358 e. The summed E-state index contributed by atoms with van der Waals surface area (Å²) in [5.41, 5.74) is 0.652. The van der Waals surface area contributed by atoms with Gasteiger partial charge in [0, 0.05) is 17.8 Å². The van der Waals surface area contributed by atoms with Crippen molar-refractivity contribution in [2.45, 2.75) is 13.3 Å². The summed E-state index contributed by atoms with van der Waals surface area (Å²) in [7, 11) is 1.58. The van der Waals surface area contributed by atoms with Crippen LogP contribution in [0.15, 0.2) is 24.3 Å². The lowest BCUT2D eigenvalue weighted by molar-refractivity contribution is -0.123. The number of rotatable bonds is 7. The Morgan fingerprint density at radius 3 is 2.55 bits per heavy atom. The number of hydrogen-bond donors (Lipinski definition) is 2. The molecule has 0 fully saturated rings. The van der Waals surface area contributed by atoms with Gasteiger partial charge < -0.3 is 10.6 Å². The van der Waals surface area contributed by atoms with Crippen LogP contribution in [0.1, 0.15) is 13.3 Å². The molecule has 1 aromatic rings. The van der Waals surface area contributed by atoms with Crippen molar-refractivity contribution >= 4 is 29.1 Å². The maximum atomic E-state index is 12.0. The van der Waals surface area contributed by atoms with Crippen LogP contribution in [0.4, 0.5) is 5.69 Å². The van der Waals surface area contributed by atoms with Crippen LogP contribution in [0, 0.1) is 0 Å². The summed E-state index contributed by atoms with van der Waals surface area (Å²) in [5, 5.41) is 5.89. The molecule has 6 heteroatoms. The first-order valence-electron chi connectivity index (χ1n) is 6.53. The lowest BCUT2D eigenvalue weighted by Gasteiger charge is -2.20. The second-order valence-corrected chi connectivity index (χ2v) is 4.88. The van der Waals surface area contributed by atoms with Crippen molar-refractivity contribution in [3.05, 3.63) is 29.3 Å². The fourth-order valence-corrected chi connectivity index (χ4v) is 1.97. The van der Waals surface area contributed by atoms with E-state index in [0.717, 1.165) is 6.42 Å². The molecule has 0 heterocycles. The zero-order valence-electron chi connectivity index (χ0n) is 11.8. The number of anilines is 1. The van der Waals surface area contributed by atoms with Crippen molar-refractivity contribution in [1.29, 1.82) is 0 Å². The van der Waals surface area contributed by atoms with Crippen LogP contribution in [0.2, 0.25) is 5.02 Å². The van der Waals surface area contributed by atoms with Crippen molar-refractivity contribution in [3.8, 4) is 0 Å². The van der Waals surface area contributed by atoms with E-state index in [2.05, 4.69) is 10.6 Å². The molecule has 5 nitrogen and oxygen atoms in total. The van der Waals surface area contributed by atoms with Gasteiger partial charge in [0.1, 0.15) is 0 Å². The molecule has 0 aliphatic carbocycles. The fourth-order valence-electron chi connectivity index (χ4n) is 1.78. The third-order valence-electron chi connectivity index (χ3n) is 2.66. The molecule has 0 aromatic heterocycles. The molecule has 0 unspecified atom stereocenters. The van der Waals surface area contributed by atoms with Gasteiger partial charge in [-0.2, -0.15) is 0 Å². The molecule has 1 aromatic carbocycles. The van der Waals surface area contributed by atoms with E-state index in [1.165, 1.54) is 0 Å². The van der Waals surface area contributed by atoms with Gasteiger partial charge in [-0.25, -0.2) is 0 Å².